The van der Waals surface area contributed by atoms with Gasteiger partial charge in [-0.05, 0) is 36.0 Å². The van der Waals surface area contributed by atoms with Gasteiger partial charge in [-0.2, -0.15) is 0 Å². The summed E-state index contributed by atoms with van der Waals surface area (Å²) in [4.78, 5) is 0. The topological polar surface area (TPSA) is 12.0 Å². The number of hydrogen-bond donors (Lipinski definition) is 1. The Morgan fingerprint density at radius 1 is 0.950 bits per heavy atom. The van der Waals surface area contributed by atoms with Crippen LogP contribution in [0.2, 0.25) is 0 Å². The second-order valence-corrected chi connectivity index (χ2v) is 5.06. The molecule has 0 bridgehead atoms. The molecule has 4 heteroatoms. The van der Waals surface area contributed by atoms with Gasteiger partial charge in [0.1, 0.15) is 5.82 Å². The fraction of sp³-hybridized carbons (Fsp3) is 0.250. The van der Waals surface area contributed by atoms with Crippen molar-refractivity contribution in [1.29, 1.82) is 0 Å². The maximum Gasteiger partial charge on any atom is 0.182 e. The molecule has 0 unspecified atom stereocenters. The van der Waals surface area contributed by atoms with Crippen LogP contribution in [0.1, 0.15) is 23.1 Å². The Morgan fingerprint density at radius 2 is 1.75 bits per heavy atom. The monoisotopic (exact) mass is 277 g/mol. The average molecular weight is 277 g/mol. The first-order valence-electron chi connectivity index (χ1n) is 6.62. The molecule has 0 fully saturated rings. The number of fused-ring (bicyclic) bond motifs is 1. The SMILES string of the molecule is Fc1cc(F)c(F)c(NCc2ccc3c(c2)CCC3)c1. The zero-order valence-corrected chi connectivity index (χ0v) is 10.8. The number of anilines is 1. The van der Waals surface area contributed by atoms with Crippen molar-refractivity contribution in [2.75, 3.05) is 5.32 Å². The second kappa shape index (κ2) is 5.19. The molecule has 0 amide bonds. The number of halogens is 3. The lowest BCUT2D eigenvalue weighted by Gasteiger charge is -2.10. The molecule has 2 aromatic rings. The van der Waals surface area contributed by atoms with E-state index in [1.165, 1.54) is 11.1 Å². The van der Waals surface area contributed by atoms with E-state index < -0.39 is 17.5 Å². The molecule has 1 N–H and O–H groups in total. The highest BCUT2D eigenvalue weighted by atomic mass is 19.2. The van der Waals surface area contributed by atoms with Gasteiger partial charge in [0.25, 0.3) is 0 Å². The largest absolute Gasteiger partial charge is 0.378 e. The van der Waals surface area contributed by atoms with Gasteiger partial charge in [-0.1, -0.05) is 18.2 Å². The molecule has 0 spiro atoms. The van der Waals surface area contributed by atoms with Crippen LogP contribution in [0, 0.1) is 17.5 Å². The van der Waals surface area contributed by atoms with Gasteiger partial charge in [0.15, 0.2) is 11.6 Å². The van der Waals surface area contributed by atoms with E-state index in [2.05, 4.69) is 17.4 Å². The van der Waals surface area contributed by atoms with Crippen LogP contribution in [0.25, 0.3) is 0 Å². The summed E-state index contributed by atoms with van der Waals surface area (Å²) in [5.74, 6) is -3.02. The minimum absolute atomic E-state index is 0.150. The first-order chi connectivity index (χ1) is 9.63. The van der Waals surface area contributed by atoms with Crippen LogP contribution >= 0.6 is 0 Å². The molecule has 0 aliphatic heterocycles. The standard InChI is InChI=1S/C16H14F3N/c17-13-7-14(18)16(19)15(8-13)20-9-10-4-5-11-2-1-3-12(11)6-10/h4-8,20H,1-3,9H2. The number of nitrogens with one attached hydrogen (secondary N) is 1. The molecule has 3 rings (SSSR count). The third kappa shape index (κ3) is 2.50. The average Bonchev–Trinajstić information content (AvgIpc) is 2.88. The van der Waals surface area contributed by atoms with Gasteiger partial charge in [-0.25, -0.2) is 13.2 Å². The fourth-order valence-corrected chi connectivity index (χ4v) is 2.62. The molecule has 0 aromatic heterocycles. The number of rotatable bonds is 3. The molecular formula is C16H14F3N. The molecule has 0 radical (unpaired) electrons. The van der Waals surface area contributed by atoms with Crippen molar-refractivity contribution >= 4 is 5.69 Å². The van der Waals surface area contributed by atoms with Gasteiger partial charge in [0.2, 0.25) is 0 Å². The summed E-state index contributed by atoms with van der Waals surface area (Å²) < 4.78 is 39.7. The van der Waals surface area contributed by atoms with E-state index in [1.54, 1.807) is 0 Å². The maximum atomic E-state index is 13.5. The van der Waals surface area contributed by atoms with Crippen molar-refractivity contribution in [1.82, 2.24) is 0 Å². The summed E-state index contributed by atoms with van der Waals surface area (Å²) >= 11 is 0. The first kappa shape index (κ1) is 13.0. The first-order valence-corrected chi connectivity index (χ1v) is 6.62. The molecule has 1 aliphatic rings. The highest BCUT2D eigenvalue weighted by molar-refractivity contribution is 5.46. The van der Waals surface area contributed by atoms with Crippen molar-refractivity contribution in [2.45, 2.75) is 25.8 Å². The molecule has 0 saturated heterocycles. The molecule has 2 aromatic carbocycles. The smallest absolute Gasteiger partial charge is 0.182 e. The molecule has 0 atom stereocenters. The maximum absolute atomic E-state index is 13.5. The molecule has 1 nitrogen and oxygen atoms in total. The zero-order chi connectivity index (χ0) is 14.1. The highest BCUT2D eigenvalue weighted by Gasteiger charge is 2.13. The predicted molar refractivity (Wildman–Crippen MR) is 72.1 cm³/mol. The Hall–Kier alpha value is -1.97. The number of aryl methyl sites for hydroxylation is 2. The summed E-state index contributed by atoms with van der Waals surface area (Å²) in [7, 11) is 0. The number of benzene rings is 2. The van der Waals surface area contributed by atoms with Crippen LogP contribution in [0.15, 0.2) is 30.3 Å². The van der Waals surface area contributed by atoms with Gasteiger partial charge in [0, 0.05) is 18.7 Å². The van der Waals surface area contributed by atoms with Gasteiger partial charge < -0.3 is 5.32 Å². The number of hydrogen-bond acceptors (Lipinski definition) is 1. The quantitative estimate of drug-likeness (QED) is 0.829. The van der Waals surface area contributed by atoms with Crippen LogP contribution < -0.4 is 5.32 Å². The van der Waals surface area contributed by atoms with Gasteiger partial charge in [-0.15, -0.1) is 0 Å². The lowest BCUT2D eigenvalue weighted by atomic mass is 10.1. The van der Waals surface area contributed by atoms with E-state index in [-0.39, 0.29) is 5.69 Å². The second-order valence-electron chi connectivity index (χ2n) is 5.06. The van der Waals surface area contributed by atoms with Crippen LogP contribution in [0.4, 0.5) is 18.9 Å². The van der Waals surface area contributed by atoms with Crippen LogP contribution in [0.5, 0.6) is 0 Å². The van der Waals surface area contributed by atoms with Gasteiger partial charge >= 0.3 is 0 Å². The summed E-state index contributed by atoms with van der Waals surface area (Å²) in [6.45, 7) is 0.340. The molecule has 0 saturated carbocycles. The Kier molecular flexibility index (Phi) is 3.38. The molecule has 1 aliphatic carbocycles. The van der Waals surface area contributed by atoms with E-state index in [4.69, 9.17) is 0 Å². The van der Waals surface area contributed by atoms with Crippen molar-refractivity contribution in [3.05, 3.63) is 64.5 Å². The highest BCUT2D eigenvalue weighted by Crippen LogP contribution is 2.24. The normalized spacial score (nSPS) is 13.3. The Morgan fingerprint density at radius 3 is 2.60 bits per heavy atom. The fourth-order valence-electron chi connectivity index (χ4n) is 2.62. The van der Waals surface area contributed by atoms with E-state index in [1.807, 2.05) is 6.07 Å². The van der Waals surface area contributed by atoms with Crippen LogP contribution in [-0.2, 0) is 19.4 Å². The lowest BCUT2D eigenvalue weighted by molar-refractivity contribution is 0.497. The van der Waals surface area contributed by atoms with Crippen molar-refractivity contribution in [3.8, 4) is 0 Å². The molecule has 0 heterocycles. The van der Waals surface area contributed by atoms with Gasteiger partial charge in [0.05, 0.1) is 5.69 Å². The van der Waals surface area contributed by atoms with Crippen LogP contribution in [-0.4, -0.2) is 0 Å². The third-order valence-electron chi connectivity index (χ3n) is 3.64. The molecular weight excluding hydrogens is 263 g/mol. The van der Waals surface area contributed by atoms with E-state index in [0.717, 1.165) is 30.9 Å². The Labute approximate surface area is 115 Å². The summed E-state index contributed by atoms with van der Waals surface area (Å²) in [5.41, 5.74) is 3.50. The Balaban J connectivity index is 1.77. The molecule has 104 valence electrons. The summed E-state index contributed by atoms with van der Waals surface area (Å²) in [5, 5.41) is 2.75. The summed E-state index contributed by atoms with van der Waals surface area (Å²) in [6.07, 6.45) is 3.33. The van der Waals surface area contributed by atoms with Crippen LogP contribution in [0.3, 0.4) is 0 Å². The minimum atomic E-state index is -1.18. The Bertz CT molecular complexity index is 652. The zero-order valence-electron chi connectivity index (χ0n) is 10.8. The van der Waals surface area contributed by atoms with Gasteiger partial charge in [-0.3, -0.25) is 0 Å². The lowest BCUT2D eigenvalue weighted by Crippen LogP contribution is -2.04. The minimum Gasteiger partial charge on any atom is -0.378 e. The van der Waals surface area contributed by atoms with E-state index in [0.29, 0.717) is 12.6 Å². The van der Waals surface area contributed by atoms with Crippen molar-refractivity contribution < 1.29 is 13.2 Å². The van der Waals surface area contributed by atoms with E-state index in [9.17, 15) is 13.2 Å². The third-order valence-corrected chi connectivity index (χ3v) is 3.64. The summed E-state index contributed by atoms with van der Waals surface area (Å²) in [6, 6.07) is 7.61. The van der Waals surface area contributed by atoms with E-state index >= 15 is 0 Å². The van der Waals surface area contributed by atoms with Crippen molar-refractivity contribution in [3.63, 3.8) is 0 Å². The van der Waals surface area contributed by atoms with Crippen molar-refractivity contribution in [2.24, 2.45) is 0 Å². The predicted octanol–water partition coefficient (Wildman–Crippen LogP) is 4.20. The molecule has 20 heavy (non-hydrogen) atoms.